The van der Waals surface area contributed by atoms with E-state index in [-0.39, 0.29) is 29.7 Å². The van der Waals surface area contributed by atoms with Crippen LogP contribution in [0.2, 0.25) is 0 Å². The van der Waals surface area contributed by atoms with E-state index < -0.39 is 12.8 Å². The first-order chi connectivity index (χ1) is 12.4. The molecule has 156 valence electrons. The van der Waals surface area contributed by atoms with Crippen LogP contribution in [0, 0.1) is 0 Å². The maximum absolute atomic E-state index is 12.1. The molecule has 0 bridgehead atoms. The first kappa shape index (κ1) is 25.8. The predicted octanol–water partition coefficient (Wildman–Crippen LogP) is 3.64. The monoisotopic (exact) mass is 502 g/mol. The van der Waals surface area contributed by atoms with Crippen LogP contribution in [0.15, 0.2) is 29.3 Å². The second kappa shape index (κ2) is 13.9. The SMILES string of the molecule is CCN(CC)CCCNC(=NC)NCc1ccc(OCC(F)(F)F)cc1.I. The summed E-state index contributed by atoms with van der Waals surface area (Å²) < 4.78 is 41.1. The molecular weight excluding hydrogens is 472 g/mol. The molecule has 0 saturated carbocycles. The van der Waals surface area contributed by atoms with Gasteiger partial charge in [0, 0.05) is 20.1 Å². The molecule has 0 saturated heterocycles. The van der Waals surface area contributed by atoms with E-state index in [1.807, 2.05) is 0 Å². The lowest BCUT2D eigenvalue weighted by molar-refractivity contribution is -0.153. The second-order valence-electron chi connectivity index (χ2n) is 5.78. The highest BCUT2D eigenvalue weighted by atomic mass is 127. The summed E-state index contributed by atoms with van der Waals surface area (Å²) in [5, 5.41) is 6.44. The number of ether oxygens (including phenoxy) is 1. The minimum absolute atomic E-state index is 0. The van der Waals surface area contributed by atoms with Gasteiger partial charge in [-0.2, -0.15) is 13.2 Å². The number of nitrogens with zero attached hydrogens (tertiary/aromatic N) is 2. The second-order valence-corrected chi connectivity index (χ2v) is 5.78. The molecular formula is C18H30F3IN4O. The van der Waals surface area contributed by atoms with Crippen LogP contribution in [0.1, 0.15) is 25.8 Å². The lowest BCUT2D eigenvalue weighted by atomic mass is 10.2. The normalized spacial score (nSPS) is 11.9. The van der Waals surface area contributed by atoms with Crippen molar-refractivity contribution in [3.05, 3.63) is 29.8 Å². The van der Waals surface area contributed by atoms with Crippen molar-refractivity contribution in [3.63, 3.8) is 0 Å². The van der Waals surface area contributed by atoms with E-state index in [9.17, 15) is 13.2 Å². The molecule has 0 aromatic heterocycles. The first-order valence-corrected chi connectivity index (χ1v) is 8.83. The van der Waals surface area contributed by atoms with E-state index in [0.29, 0.717) is 12.5 Å². The van der Waals surface area contributed by atoms with Gasteiger partial charge in [-0.25, -0.2) is 0 Å². The highest BCUT2D eigenvalue weighted by molar-refractivity contribution is 14.0. The molecule has 0 fully saturated rings. The van der Waals surface area contributed by atoms with E-state index >= 15 is 0 Å². The summed E-state index contributed by atoms with van der Waals surface area (Å²) in [4.78, 5) is 6.53. The smallest absolute Gasteiger partial charge is 0.422 e. The Kier molecular flexibility index (Phi) is 13.2. The van der Waals surface area contributed by atoms with Gasteiger partial charge in [0.2, 0.25) is 0 Å². The lowest BCUT2D eigenvalue weighted by Crippen LogP contribution is -2.38. The van der Waals surface area contributed by atoms with Crippen molar-refractivity contribution in [2.45, 2.75) is 33.0 Å². The molecule has 1 rings (SSSR count). The van der Waals surface area contributed by atoms with Gasteiger partial charge in [-0.3, -0.25) is 4.99 Å². The molecule has 0 heterocycles. The Balaban J connectivity index is 0.00000676. The molecule has 27 heavy (non-hydrogen) atoms. The van der Waals surface area contributed by atoms with Gasteiger partial charge < -0.3 is 20.3 Å². The number of hydrogen-bond donors (Lipinski definition) is 2. The summed E-state index contributed by atoms with van der Waals surface area (Å²) in [6.45, 7) is 7.49. The highest BCUT2D eigenvalue weighted by Gasteiger charge is 2.28. The summed E-state index contributed by atoms with van der Waals surface area (Å²) in [6, 6.07) is 6.52. The Bertz CT molecular complexity index is 534. The van der Waals surface area contributed by atoms with Crippen molar-refractivity contribution in [3.8, 4) is 5.75 Å². The molecule has 1 aromatic carbocycles. The summed E-state index contributed by atoms with van der Waals surface area (Å²) in [5.74, 6) is 0.895. The van der Waals surface area contributed by atoms with Crippen LogP contribution in [-0.2, 0) is 6.54 Å². The Labute approximate surface area is 176 Å². The lowest BCUT2D eigenvalue weighted by Gasteiger charge is -2.18. The third kappa shape index (κ3) is 12.0. The number of alkyl halides is 3. The molecule has 2 N–H and O–H groups in total. The maximum atomic E-state index is 12.1. The third-order valence-corrected chi connectivity index (χ3v) is 3.85. The minimum atomic E-state index is -4.33. The first-order valence-electron chi connectivity index (χ1n) is 8.83. The molecule has 0 spiro atoms. The molecule has 5 nitrogen and oxygen atoms in total. The number of benzene rings is 1. The fourth-order valence-electron chi connectivity index (χ4n) is 2.32. The average Bonchev–Trinajstić information content (AvgIpc) is 2.63. The molecule has 0 amide bonds. The van der Waals surface area contributed by atoms with Crippen molar-refractivity contribution in [1.29, 1.82) is 0 Å². The van der Waals surface area contributed by atoms with Gasteiger partial charge in [0.15, 0.2) is 12.6 Å². The number of guanidine groups is 1. The maximum Gasteiger partial charge on any atom is 0.422 e. The zero-order valence-electron chi connectivity index (χ0n) is 16.1. The largest absolute Gasteiger partial charge is 0.484 e. The van der Waals surface area contributed by atoms with Crippen molar-refractivity contribution in [2.24, 2.45) is 4.99 Å². The average molecular weight is 502 g/mol. The van der Waals surface area contributed by atoms with Crippen molar-refractivity contribution in [1.82, 2.24) is 15.5 Å². The number of aliphatic imine (C=N–C) groups is 1. The van der Waals surface area contributed by atoms with E-state index in [2.05, 4.69) is 39.1 Å². The zero-order valence-corrected chi connectivity index (χ0v) is 18.4. The molecule has 0 aliphatic heterocycles. The summed E-state index contributed by atoms with van der Waals surface area (Å²) in [7, 11) is 1.70. The zero-order chi connectivity index (χ0) is 19.4. The van der Waals surface area contributed by atoms with Crippen molar-refractivity contribution < 1.29 is 17.9 Å². The van der Waals surface area contributed by atoms with Crippen LogP contribution in [0.5, 0.6) is 5.75 Å². The Hall–Kier alpha value is -1.23. The summed E-state index contributed by atoms with van der Waals surface area (Å²) in [5.41, 5.74) is 0.926. The van der Waals surface area contributed by atoms with Crippen molar-refractivity contribution >= 4 is 29.9 Å². The third-order valence-electron chi connectivity index (χ3n) is 3.85. The van der Waals surface area contributed by atoms with E-state index in [4.69, 9.17) is 0 Å². The molecule has 0 radical (unpaired) electrons. The van der Waals surface area contributed by atoms with Crippen LogP contribution >= 0.6 is 24.0 Å². The molecule has 1 aromatic rings. The van der Waals surface area contributed by atoms with Crippen LogP contribution in [-0.4, -0.2) is 56.9 Å². The van der Waals surface area contributed by atoms with Gasteiger partial charge in [-0.05, 0) is 43.8 Å². The van der Waals surface area contributed by atoms with Gasteiger partial charge in [0.25, 0.3) is 0 Å². The highest BCUT2D eigenvalue weighted by Crippen LogP contribution is 2.18. The molecule has 0 aliphatic carbocycles. The number of rotatable bonds is 10. The van der Waals surface area contributed by atoms with Gasteiger partial charge >= 0.3 is 6.18 Å². The van der Waals surface area contributed by atoms with Gasteiger partial charge in [0.1, 0.15) is 5.75 Å². The van der Waals surface area contributed by atoms with Gasteiger partial charge in [-0.15, -0.1) is 24.0 Å². The van der Waals surface area contributed by atoms with Crippen LogP contribution in [0.25, 0.3) is 0 Å². The fraction of sp³-hybridized carbons (Fsp3) is 0.611. The van der Waals surface area contributed by atoms with Crippen LogP contribution in [0.4, 0.5) is 13.2 Å². The van der Waals surface area contributed by atoms with Gasteiger partial charge in [-0.1, -0.05) is 26.0 Å². The quantitative estimate of drug-likeness (QED) is 0.222. The number of hydrogen-bond acceptors (Lipinski definition) is 3. The fourth-order valence-corrected chi connectivity index (χ4v) is 2.32. The topological polar surface area (TPSA) is 48.9 Å². The number of halogens is 4. The summed E-state index contributed by atoms with van der Waals surface area (Å²) in [6.07, 6.45) is -3.31. The number of nitrogens with one attached hydrogen (secondary N) is 2. The molecule has 0 unspecified atom stereocenters. The Morgan fingerprint density at radius 1 is 1.11 bits per heavy atom. The Morgan fingerprint density at radius 3 is 2.26 bits per heavy atom. The van der Waals surface area contributed by atoms with Crippen molar-refractivity contribution in [2.75, 3.05) is 39.8 Å². The summed E-state index contributed by atoms with van der Waals surface area (Å²) >= 11 is 0. The van der Waals surface area contributed by atoms with Crippen LogP contribution in [0.3, 0.4) is 0 Å². The molecule has 0 aliphatic rings. The van der Waals surface area contributed by atoms with E-state index in [1.165, 1.54) is 12.1 Å². The predicted molar refractivity (Wildman–Crippen MR) is 114 cm³/mol. The molecule has 0 atom stereocenters. The van der Waals surface area contributed by atoms with E-state index in [1.54, 1.807) is 19.2 Å². The minimum Gasteiger partial charge on any atom is -0.484 e. The standard InChI is InChI=1S/C18H29F3N4O.HI/c1-4-25(5-2)12-6-11-23-17(22-3)24-13-15-7-9-16(10-8-15)26-14-18(19,20)21;/h7-10H,4-6,11-14H2,1-3H3,(H2,22,23,24);1H. The van der Waals surface area contributed by atoms with E-state index in [0.717, 1.165) is 38.2 Å². The Morgan fingerprint density at radius 2 is 1.74 bits per heavy atom. The van der Waals surface area contributed by atoms with Crippen LogP contribution < -0.4 is 15.4 Å². The molecule has 9 heteroatoms. The van der Waals surface area contributed by atoms with Gasteiger partial charge in [0.05, 0.1) is 0 Å².